The zero-order chi connectivity index (χ0) is 22.1. The van der Waals surface area contributed by atoms with Crippen LogP contribution in [0, 0.1) is 0 Å². The Morgan fingerprint density at radius 3 is 2.53 bits per heavy atom. The standard InChI is InChI=1S/C25H25N3O4/c29-21(12-15-28-23(30)25(27-24(28)31)13-6-7-14-25)26-22(17-8-2-1-3-9-17)20-16-18-10-4-5-11-19(18)32-20/h1-5,8-11,16,22H,6-7,12-15H2,(H,26,29)(H,27,31). The third-order valence-electron chi connectivity index (χ3n) is 6.43. The van der Waals surface area contributed by atoms with Gasteiger partial charge in [-0.05, 0) is 30.5 Å². The second kappa shape index (κ2) is 8.15. The number of para-hydroxylation sites is 1. The maximum atomic E-state index is 12.9. The number of hydrogen-bond donors (Lipinski definition) is 2. The molecule has 7 heteroatoms. The van der Waals surface area contributed by atoms with Crippen LogP contribution < -0.4 is 10.6 Å². The van der Waals surface area contributed by atoms with Gasteiger partial charge in [0, 0.05) is 18.4 Å². The van der Waals surface area contributed by atoms with Crippen molar-refractivity contribution >= 4 is 28.8 Å². The van der Waals surface area contributed by atoms with Gasteiger partial charge >= 0.3 is 6.03 Å². The van der Waals surface area contributed by atoms with Crippen molar-refractivity contribution in [1.29, 1.82) is 0 Å². The molecule has 4 amide bonds. The number of rotatable bonds is 6. The largest absolute Gasteiger partial charge is 0.459 e. The normalized spacial score (nSPS) is 18.3. The summed E-state index contributed by atoms with van der Waals surface area (Å²) >= 11 is 0. The number of nitrogens with one attached hydrogen (secondary N) is 2. The Kier molecular flexibility index (Phi) is 5.17. The van der Waals surface area contributed by atoms with E-state index in [0.29, 0.717) is 18.6 Å². The van der Waals surface area contributed by atoms with Crippen LogP contribution in [0.1, 0.15) is 49.5 Å². The third-order valence-corrected chi connectivity index (χ3v) is 6.43. The van der Waals surface area contributed by atoms with Crippen molar-refractivity contribution in [1.82, 2.24) is 15.5 Å². The molecule has 1 aromatic heterocycles. The summed E-state index contributed by atoms with van der Waals surface area (Å²) in [6.07, 6.45) is 3.22. The van der Waals surface area contributed by atoms with Gasteiger partial charge in [0.05, 0.1) is 0 Å². The molecule has 2 aliphatic rings. The second-order valence-electron chi connectivity index (χ2n) is 8.52. The number of urea groups is 1. The van der Waals surface area contributed by atoms with Gasteiger partial charge in [-0.15, -0.1) is 0 Å². The minimum Gasteiger partial charge on any atom is -0.459 e. The van der Waals surface area contributed by atoms with Gasteiger partial charge in [0.15, 0.2) is 0 Å². The fraction of sp³-hybridized carbons (Fsp3) is 0.320. The highest BCUT2D eigenvalue weighted by molar-refractivity contribution is 6.07. The van der Waals surface area contributed by atoms with Crippen LogP contribution in [0.5, 0.6) is 0 Å². The molecule has 1 saturated heterocycles. The smallest absolute Gasteiger partial charge is 0.325 e. The number of carbonyl (C=O) groups excluding carboxylic acids is 3. The summed E-state index contributed by atoms with van der Waals surface area (Å²) in [5, 5.41) is 6.83. The fourth-order valence-corrected chi connectivity index (χ4v) is 4.75. The lowest BCUT2D eigenvalue weighted by Crippen LogP contribution is -2.44. The van der Waals surface area contributed by atoms with Crippen LogP contribution >= 0.6 is 0 Å². The molecule has 5 rings (SSSR count). The van der Waals surface area contributed by atoms with Gasteiger partial charge in [-0.25, -0.2) is 4.79 Å². The maximum Gasteiger partial charge on any atom is 0.325 e. The summed E-state index contributed by atoms with van der Waals surface area (Å²) in [7, 11) is 0. The van der Waals surface area contributed by atoms with E-state index in [9.17, 15) is 14.4 Å². The number of furan rings is 1. The monoisotopic (exact) mass is 431 g/mol. The van der Waals surface area contributed by atoms with Gasteiger partial charge in [-0.3, -0.25) is 14.5 Å². The molecule has 1 atom stereocenters. The molecule has 2 aromatic carbocycles. The van der Waals surface area contributed by atoms with E-state index in [1.165, 1.54) is 4.90 Å². The molecule has 7 nitrogen and oxygen atoms in total. The molecule has 164 valence electrons. The number of nitrogens with zero attached hydrogens (tertiary/aromatic N) is 1. The molecule has 0 bridgehead atoms. The van der Waals surface area contributed by atoms with E-state index in [1.54, 1.807) is 0 Å². The van der Waals surface area contributed by atoms with Crippen molar-refractivity contribution in [2.45, 2.75) is 43.7 Å². The Bertz CT molecular complexity index is 1130. The van der Waals surface area contributed by atoms with E-state index in [-0.39, 0.29) is 24.8 Å². The van der Waals surface area contributed by atoms with Crippen molar-refractivity contribution in [2.75, 3.05) is 6.54 Å². The number of imide groups is 1. The van der Waals surface area contributed by atoms with Gasteiger partial charge < -0.3 is 15.1 Å². The minimum absolute atomic E-state index is 0.0266. The highest BCUT2D eigenvalue weighted by Crippen LogP contribution is 2.35. The first-order valence-electron chi connectivity index (χ1n) is 11.0. The zero-order valence-corrected chi connectivity index (χ0v) is 17.7. The molecule has 0 radical (unpaired) electrons. The molecule has 32 heavy (non-hydrogen) atoms. The van der Waals surface area contributed by atoms with Crippen LogP contribution in [-0.2, 0) is 9.59 Å². The van der Waals surface area contributed by atoms with Crippen molar-refractivity contribution in [3.05, 3.63) is 72.0 Å². The predicted octanol–water partition coefficient (Wildman–Crippen LogP) is 3.89. The van der Waals surface area contributed by atoms with Gasteiger partial charge in [0.25, 0.3) is 5.91 Å². The Morgan fingerprint density at radius 1 is 1.06 bits per heavy atom. The lowest BCUT2D eigenvalue weighted by atomic mass is 9.98. The predicted molar refractivity (Wildman–Crippen MR) is 119 cm³/mol. The van der Waals surface area contributed by atoms with Gasteiger partial charge in [-0.2, -0.15) is 0 Å². The quantitative estimate of drug-likeness (QED) is 0.579. The zero-order valence-electron chi connectivity index (χ0n) is 17.7. The fourth-order valence-electron chi connectivity index (χ4n) is 4.75. The number of amides is 4. The molecule has 1 aliphatic carbocycles. The van der Waals surface area contributed by atoms with E-state index >= 15 is 0 Å². The lowest BCUT2D eigenvalue weighted by molar-refractivity contribution is -0.131. The molecule has 1 saturated carbocycles. The topological polar surface area (TPSA) is 91.7 Å². The average Bonchev–Trinajstić information content (AvgIpc) is 3.50. The summed E-state index contributed by atoms with van der Waals surface area (Å²) in [6.45, 7) is 0.0554. The van der Waals surface area contributed by atoms with Crippen molar-refractivity contribution < 1.29 is 18.8 Å². The summed E-state index contributed by atoms with van der Waals surface area (Å²) in [5.74, 6) is 0.169. The Morgan fingerprint density at radius 2 is 1.78 bits per heavy atom. The van der Waals surface area contributed by atoms with Crippen molar-refractivity contribution in [3.8, 4) is 0 Å². The first-order valence-corrected chi connectivity index (χ1v) is 11.0. The Hall–Kier alpha value is -3.61. The highest BCUT2D eigenvalue weighted by atomic mass is 16.3. The van der Waals surface area contributed by atoms with Gasteiger partial charge in [0.2, 0.25) is 5.91 Å². The highest BCUT2D eigenvalue weighted by Gasteiger charge is 2.52. The lowest BCUT2D eigenvalue weighted by Gasteiger charge is -2.20. The molecular formula is C25H25N3O4. The van der Waals surface area contributed by atoms with E-state index in [4.69, 9.17) is 4.42 Å². The Balaban J connectivity index is 1.31. The van der Waals surface area contributed by atoms with Crippen molar-refractivity contribution in [3.63, 3.8) is 0 Å². The third kappa shape index (κ3) is 3.64. The maximum absolute atomic E-state index is 12.9. The molecule has 1 aliphatic heterocycles. The van der Waals surface area contributed by atoms with Crippen LogP contribution in [-0.4, -0.2) is 34.8 Å². The summed E-state index contributed by atoms with van der Waals surface area (Å²) < 4.78 is 6.02. The van der Waals surface area contributed by atoms with Crippen LogP contribution in [0.3, 0.4) is 0 Å². The first kappa shape index (κ1) is 20.3. The molecule has 1 unspecified atom stereocenters. The molecule has 2 heterocycles. The molecule has 2 N–H and O–H groups in total. The second-order valence-corrected chi connectivity index (χ2v) is 8.52. The van der Waals surface area contributed by atoms with E-state index < -0.39 is 17.6 Å². The summed E-state index contributed by atoms with van der Waals surface area (Å²) in [4.78, 5) is 39.2. The number of hydrogen-bond acceptors (Lipinski definition) is 4. The van der Waals surface area contributed by atoms with Crippen LogP contribution in [0.4, 0.5) is 4.79 Å². The minimum atomic E-state index is -0.756. The molecule has 1 spiro atoms. The molecule has 3 aromatic rings. The molecular weight excluding hydrogens is 406 g/mol. The van der Waals surface area contributed by atoms with Gasteiger partial charge in [0.1, 0.15) is 22.9 Å². The van der Waals surface area contributed by atoms with Crippen LogP contribution in [0.25, 0.3) is 11.0 Å². The Labute approximate surface area is 185 Å². The summed E-state index contributed by atoms with van der Waals surface area (Å²) in [6, 6.07) is 18.3. The average molecular weight is 431 g/mol. The van der Waals surface area contributed by atoms with Crippen LogP contribution in [0.2, 0.25) is 0 Å². The number of benzene rings is 2. The first-order chi connectivity index (χ1) is 15.6. The van der Waals surface area contributed by atoms with Crippen LogP contribution in [0.15, 0.2) is 65.1 Å². The SMILES string of the molecule is O=C(CCN1C(=O)NC2(CCCC2)C1=O)NC(c1ccccc1)c1cc2ccccc2o1. The summed E-state index contributed by atoms with van der Waals surface area (Å²) in [5.41, 5.74) is 0.882. The van der Waals surface area contributed by atoms with Crippen molar-refractivity contribution in [2.24, 2.45) is 0 Å². The molecule has 2 fully saturated rings. The van der Waals surface area contributed by atoms with E-state index in [0.717, 1.165) is 29.4 Å². The van der Waals surface area contributed by atoms with Gasteiger partial charge in [-0.1, -0.05) is 61.4 Å². The van der Waals surface area contributed by atoms with E-state index in [1.807, 2.05) is 60.7 Å². The number of fused-ring (bicyclic) bond motifs is 1. The number of carbonyl (C=O) groups is 3. The van der Waals surface area contributed by atoms with E-state index in [2.05, 4.69) is 10.6 Å².